The largest absolute Gasteiger partial charge is 0.478 e. The summed E-state index contributed by atoms with van der Waals surface area (Å²) in [5.41, 5.74) is 1.74. The molecule has 0 saturated carbocycles. The molecular formula is C29H40N2O8. The van der Waals surface area contributed by atoms with E-state index in [4.69, 9.17) is 14.6 Å². The van der Waals surface area contributed by atoms with Gasteiger partial charge in [0, 0.05) is 13.1 Å². The lowest BCUT2D eigenvalue weighted by Gasteiger charge is -2.19. The molecule has 2 rings (SSSR count). The van der Waals surface area contributed by atoms with E-state index in [9.17, 15) is 19.2 Å². The SMILES string of the molecule is CC(C)(C)OC(=O)NCCc1ccc(C(=O)O)cc1.COC(=O)c1ccc(CCNC(=O)OC(C)(C)C)cc1. The molecule has 0 spiro atoms. The summed E-state index contributed by atoms with van der Waals surface area (Å²) in [5.74, 6) is -1.30. The maximum absolute atomic E-state index is 11.4. The highest BCUT2D eigenvalue weighted by molar-refractivity contribution is 5.89. The first kappa shape index (κ1) is 32.9. The number of nitrogens with one attached hydrogen (secondary N) is 2. The van der Waals surface area contributed by atoms with Gasteiger partial charge in [-0.05, 0) is 89.8 Å². The third kappa shape index (κ3) is 15.1. The lowest BCUT2D eigenvalue weighted by atomic mass is 10.1. The zero-order chi connectivity index (χ0) is 29.6. The molecule has 0 unspecified atom stereocenters. The second-order valence-electron chi connectivity index (χ2n) is 10.5. The van der Waals surface area contributed by atoms with Gasteiger partial charge in [-0.2, -0.15) is 0 Å². The van der Waals surface area contributed by atoms with Crippen molar-refractivity contribution < 1.29 is 38.5 Å². The highest BCUT2D eigenvalue weighted by atomic mass is 16.6. The van der Waals surface area contributed by atoms with E-state index in [1.165, 1.54) is 7.11 Å². The highest BCUT2D eigenvalue weighted by Gasteiger charge is 2.16. The van der Waals surface area contributed by atoms with E-state index < -0.39 is 29.4 Å². The monoisotopic (exact) mass is 544 g/mol. The first-order chi connectivity index (χ1) is 18.1. The average Bonchev–Trinajstić information content (AvgIpc) is 2.82. The second-order valence-corrected chi connectivity index (χ2v) is 10.5. The summed E-state index contributed by atoms with van der Waals surface area (Å²) >= 11 is 0. The predicted octanol–water partition coefficient (Wildman–Crippen LogP) is 4.99. The van der Waals surface area contributed by atoms with Gasteiger partial charge in [0.05, 0.1) is 18.2 Å². The maximum atomic E-state index is 11.4. The molecule has 10 nitrogen and oxygen atoms in total. The van der Waals surface area contributed by atoms with E-state index in [-0.39, 0.29) is 11.5 Å². The molecule has 0 fully saturated rings. The van der Waals surface area contributed by atoms with E-state index in [0.29, 0.717) is 31.5 Å². The maximum Gasteiger partial charge on any atom is 0.407 e. The number of amides is 2. The van der Waals surface area contributed by atoms with Crippen molar-refractivity contribution in [3.63, 3.8) is 0 Å². The van der Waals surface area contributed by atoms with Crippen LogP contribution in [0.4, 0.5) is 9.59 Å². The molecule has 0 aromatic heterocycles. The second kappa shape index (κ2) is 15.4. The molecule has 2 aromatic carbocycles. The van der Waals surface area contributed by atoms with Gasteiger partial charge in [0.25, 0.3) is 0 Å². The van der Waals surface area contributed by atoms with Crippen LogP contribution in [0.1, 0.15) is 73.4 Å². The van der Waals surface area contributed by atoms with Crippen LogP contribution in [0.25, 0.3) is 0 Å². The average molecular weight is 545 g/mol. The number of aromatic carboxylic acids is 1. The molecule has 0 aliphatic rings. The van der Waals surface area contributed by atoms with E-state index in [0.717, 1.165) is 11.1 Å². The molecule has 3 N–H and O–H groups in total. The normalized spacial score (nSPS) is 10.8. The zero-order valence-corrected chi connectivity index (χ0v) is 23.8. The minimum Gasteiger partial charge on any atom is -0.478 e. The van der Waals surface area contributed by atoms with Gasteiger partial charge in [-0.3, -0.25) is 0 Å². The lowest BCUT2D eigenvalue weighted by Crippen LogP contribution is -2.33. The summed E-state index contributed by atoms with van der Waals surface area (Å²) in [7, 11) is 1.35. The van der Waals surface area contributed by atoms with Crippen molar-refractivity contribution >= 4 is 24.1 Å². The summed E-state index contributed by atoms with van der Waals surface area (Å²) in [5, 5.41) is 14.1. The molecule has 0 saturated heterocycles. The summed E-state index contributed by atoms with van der Waals surface area (Å²) < 4.78 is 14.9. The fourth-order valence-corrected chi connectivity index (χ4v) is 2.99. The van der Waals surface area contributed by atoms with E-state index in [2.05, 4.69) is 15.4 Å². The molecule has 10 heteroatoms. The number of carboxylic acids is 1. The quantitative estimate of drug-likeness (QED) is 0.312. The fourth-order valence-electron chi connectivity index (χ4n) is 2.99. The van der Waals surface area contributed by atoms with Gasteiger partial charge in [0.1, 0.15) is 11.2 Å². The standard InChI is InChI=1S/C15H21NO4.C14H19NO4/c1-15(2,3)20-14(18)16-10-9-11-5-7-12(8-6-11)13(17)19-4;1-14(2,3)19-13(18)15-9-8-10-4-6-11(7-5-10)12(16)17/h5-8H,9-10H2,1-4H3,(H,16,18);4-7H,8-9H2,1-3H3,(H,15,18)(H,16,17). The number of rotatable bonds is 8. The minimum atomic E-state index is -0.946. The van der Waals surface area contributed by atoms with Crippen molar-refractivity contribution in [2.24, 2.45) is 0 Å². The fraction of sp³-hybridized carbons (Fsp3) is 0.448. The molecule has 0 atom stereocenters. The first-order valence-electron chi connectivity index (χ1n) is 12.5. The van der Waals surface area contributed by atoms with Crippen molar-refractivity contribution in [2.75, 3.05) is 20.2 Å². The van der Waals surface area contributed by atoms with Crippen LogP contribution in [-0.4, -0.2) is 60.6 Å². The van der Waals surface area contributed by atoms with Gasteiger partial charge in [0.15, 0.2) is 0 Å². The number of ether oxygens (including phenoxy) is 3. The molecule has 0 radical (unpaired) electrons. The summed E-state index contributed by atoms with van der Waals surface area (Å²) in [6.45, 7) is 11.8. The summed E-state index contributed by atoms with van der Waals surface area (Å²) in [4.78, 5) is 44.8. The third-order valence-corrected chi connectivity index (χ3v) is 4.74. The molecule has 0 aliphatic carbocycles. The van der Waals surface area contributed by atoms with Crippen molar-refractivity contribution in [3.05, 3.63) is 70.8 Å². The first-order valence-corrected chi connectivity index (χ1v) is 12.5. The topological polar surface area (TPSA) is 140 Å². The van der Waals surface area contributed by atoms with Crippen LogP contribution in [0.3, 0.4) is 0 Å². The summed E-state index contributed by atoms with van der Waals surface area (Å²) in [6.07, 6.45) is 0.415. The van der Waals surface area contributed by atoms with Gasteiger partial charge in [0.2, 0.25) is 0 Å². The lowest BCUT2D eigenvalue weighted by molar-refractivity contribution is 0.0517. The Morgan fingerprint density at radius 3 is 1.33 bits per heavy atom. The Kier molecular flexibility index (Phi) is 13.0. The number of carbonyl (C=O) groups is 4. The van der Waals surface area contributed by atoms with Crippen LogP contribution in [0.15, 0.2) is 48.5 Å². The minimum absolute atomic E-state index is 0.254. The Morgan fingerprint density at radius 2 is 1.03 bits per heavy atom. The number of hydrogen-bond donors (Lipinski definition) is 3. The zero-order valence-electron chi connectivity index (χ0n) is 23.8. The Balaban J connectivity index is 0.000000391. The van der Waals surface area contributed by atoms with Crippen molar-refractivity contribution in [1.82, 2.24) is 10.6 Å². The third-order valence-electron chi connectivity index (χ3n) is 4.74. The van der Waals surface area contributed by atoms with Crippen LogP contribution in [-0.2, 0) is 27.1 Å². The van der Waals surface area contributed by atoms with Gasteiger partial charge in [-0.1, -0.05) is 24.3 Å². The molecule has 39 heavy (non-hydrogen) atoms. The Bertz CT molecular complexity index is 1080. The Hall–Kier alpha value is -4.08. The van der Waals surface area contributed by atoms with Crippen LogP contribution in [0.2, 0.25) is 0 Å². The van der Waals surface area contributed by atoms with Crippen molar-refractivity contribution in [1.29, 1.82) is 0 Å². The number of hydrogen-bond acceptors (Lipinski definition) is 7. The van der Waals surface area contributed by atoms with Crippen molar-refractivity contribution in [3.8, 4) is 0 Å². The van der Waals surface area contributed by atoms with E-state index >= 15 is 0 Å². The van der Waals surface area contributed by atoms with E-state index in [1.54, 1.807) is 57.2 Å². The van der Waals surface area contributed by atoms with Crippen molar-refractivity contribution in [2.45, 2.75) is 65.6 Å². The number of methoxy groups -OCH3 is 1. The number of esters is 1. The molecule has 2 aromatic rings. The van der Waals surface area contributed by atoms with E-state index in [1.807, 2.05) is 32.9 Å². The molecule has 0 aliphatic heterocycles. The van der Waals surface area contributed by atoms with Crippen LogP contribution in [0, 0.1) is 0 Å². The van der Waals surface area contributed by atoms with Gasteiger partial charge >= 0.3 is 24.1 Å². The smallest absolute Gasteiger partial charge is 0.407 e. The van der Waals surface area contributed by atoms with Crippen LogP contribution < -0.4 is 10.6 Å². The number of carboxylic acid groups (broad SMARTS) is 1. The highest BCUT2D eigenvalue weighted by Crippen LogP contribution is 2.09. The molecular weight excluding hydrogens is 504 g/mol. The number of alkyl carbamates (subject to hydrolysis) is 2. The van der Waals surface area contributed by atoms with Gasteiger partial charge in [-0.25, -0.2) is 19.2 Å². The molecule has 0 heterocycles. The molecule has 0 bridgehead atoms. The number of benzene rings is 2. The predicted molar refractivity (Wildman–Crippen MR) is 147 cm³/mol. The van der Waals surface area contributed by atoms with Crippen LogP contribution >= 0.6 is 0 Å². The Labute approximate surface area is 230 Å². The van der Waals surface area contributed by atoms with Gasteiger partial charge in [-0.15, -0.1) is 0 Å². The number of carbonyl (C=O) groups excluding carboxylic acids is 3. The molecule has 214 valence electrons. The summed E-state index contributed by atoms with van der Waals surface area (Å²) in [6, 6.07) is 13.6. The van der Waals surface area contributed by atoms with Crippen LogP contribution in [0.5, 0.6) is 0 Å². The van der Waals surface area contributed by atoms with Gasteiger partial charge < -0.3 is 30.0 Å². The Morgan fingerprint density at radius 1 is 0.667 bits per heavy atom. The molecule has 2 amide bonds.